The fourth-order valence-electron chi connectivity index (χ4n) is 2.99. The molecule has 1 atom stereocenters. The summed E-state index contributed by atoms with van der Waals surface area (Å²) in [6, 6.07) is 15.3. The number of nitrogens with one attached hydrogen (secondary N) is 1. The molecule has 1 aliphatic heterocycles. The molecular weight excluding hydrogens is 364 g/mol. The summed E-state index contributed by atoms with van der Waals surface area (Å²) in [5.41, 5.74) is 1.37. The van der Waals surface area contributed by atoms with E-state index in [9.17, 15) is 13.2 Å². The lowest BCUT2D eigenvalue weighted by Gasteiger charge is -2.19. The van der Waals surface area contributed by atoms with Gasteiger partial charge in [0.1, 0.15) is 0 Å². The first kappa shape index (κ1) is 19.4. The Hall–Kier alpha value is -2.38. The third-order valence-electron chi connectivity index (χ3n) is 4.62. The van der Waals surface area contributed by atoms with Crippen molar-refractivity contribution in [1.82, 2.24) is 5.32 Å². The topological polar surface area (TPSA) is 75.7 Å². The number of rotatable bonds is 7. The summed E-state index contributed by atoms with van der Waals surface area (Å²) in [6.07, 6.45) is 2.40. The van der Waals surface area contributed by atoms with Crippen LogP contribution in [0.5, 0.6) is 0 Å². The van der Waals surface area contributed by atoms with Gasteiger partial charge >= 0.3 is 0 Å². The monoisotopic (exact) mass is 388 g/mol. The number of carbonyl (C=O) groups is 1. The Morgan fingerprint density at radius 1 is 1.15 bits per heavy atom. The zero-order valence-electron chi connectivity index (χ0n) is 15.3. The molecule has 3 rings (SSSR count). The van der Waals surface area contributed by atoms with E-state index in [0.29, 0.717) is 12.2 Å². The van der Waals surface area contributed by atoms with Gasteiger partial charge in [0, 0.05) is 20.2 Å². The van der Waals surface area contributed by atoms with Gasteiger partial charge in [0.15, 0.2) is 0 Å². The second kappa shape index (κ2) is 8.54. The van der Waals surface area contributed by atoms with Crippen molar-refractivity contribution >= 4 is 21.6 Å². The van der Waals surface area contributed by atoms with E-state index in [1.807, 2.05) is 0 Å². The predicted octanol–water partition coefficient (Wildman–Crippen LogP) is 2.35. The quantitative estimate of drug-likeness (QED) is 0.790. The van der Waals surface area contributed by atoms with E-state index >= 15 is 0 Å². The van der Waals surface area contributed by atoms with Gasteiger partial charge in [-0.05, 0) is 42.7 Å². The summed E-state index contributed by atoms with van der Waals surface area (Å²) < 4.78 is 32.0. The molecule has 0 bridgehead atoms. The third-order valence-corrected chi connectivity index (χ3v) is 6.42. The van der Waals surface area contributed by atoms with E-state index in [0.717, 1.165) is 25.0 Å². The van der Waals surface area contributed by atoms with Crippen LogP contribution in [0.15, 0.2) is 59.5 Å². The highest BCUT2D eigenvalue weighted by molar-refractivity contribution is 7.92. The maximum atomic E-state index is 12.7. The van der Waals surface area contributed by atoms with Gasteiger partial charge in [-0.3, -0.25) is 9.10 Å². The van der Waals surface area contributed by atoms with Crippen molar-refractivity contribution in [3.05, 3.63) is 60.2 Å². The number of carbonyl (C=O) groups excluding carboxylic acids is 1. The van der Waals surface area contributed by atoms with Crippen LogP contribution >= 0.6 is 0 Å². The molecule has 0 radical (unpaired) electrons. The Morgan fingerprint density at radius 3 is 2.48 bits per heavy atom. The lowest BCUT2D eigenvalue weighted by atomic mass is 10.1. The zero-order valence-corrected chi connectivity index (χ0v) is 16.1. The van der Waals surface area contributed by atoms with Crippen LogP contribution in [0.3, 0.4) is 0 Å². The first-order valence-electron chi connectivity index (χ1n) is 8.98. The van der Waals surface area contributed by atoms with E-state index in [1.54, 1.807) is 54.6 Å². The van der Waals surface area contributed by atoms with Gasteiger partial charge in [-0.25, -0.2) is 8.42 Å². The number of anilines is 1. The largest absolute Gasteiger partial charge is 0.376 e. The van der Waals surface area contributed by atoms with Crippen LogP contribution in [0.25, 0.3) is 0 Å². The minimum absolute atomic E-state index is 0.0662. The number of hydrogen-bond donors (Lipinski definition) is 1. The maximum absolute atomic E-state index is 12.7. The molecule has 1 heterocycles. The number of sulfonamides is 1. The van der Waals surface area contributed by atoms with E-state index in [2.05, 4.69) is 5.32 Å². The van der Waals surface area contributed by atoms with Crippen molar-refractivity contribution in [2.75, 3.05) is 24.5 Å². The second-order valence-corrected chi connectivity index (χ2v) is 8.54. The molecular formula is C20H24N2O4S. The Labute approximate surface area is 160 Å². The van der Waals surface area contributed by atoms with Gasteiger partial charge in [0.05, 0.1) is 23.1 Å². The molecule has 1 N–H and O–H groups in total. The lowest BCUT2D eigenvalue weighted by Crippen LogP contribution is -2.32. The smallest absolute Gasteiger partial charge is 0.264 e. The van der Waals surface area contributed by atoms with Crippen molar-refractivity contribution in [2.45, 2.75) is 30.3 Å². The molecule has 0 aromatic heterocycles. The van der Waals surface area contributed by atoms with Crippen LogP contribution in [0.2, 0.25) is 0 Å². The highest BCUT2D eigenvalue weighted by Gasteiger charge is 2.21. The lowest BCUT2D eigenvalue weighted by molar-refractivity contribution is -0.120. The summed E-state index contributed by atoms with van der Waals surface area (Å²) >= 11 is 0. The molecule has 2 aromatic carbocycles. The van der Waals surface area contributed by atoms with Gasteiger partial charge in [-0.1, -0.05) is 30.3 Å². The molecule has 1 unspecified atom stereocenters. The molecule has 0 aliphatic carbocycles. The number of ether oxygens (including phenoxy) is 1. The number of benzene rings is 2. The summed E-state index contributed by atoms with van der Waals surface area (Å²) in [4.78, 5) is 12.3. The number of nitrogens with zero attached hydrogens (tertiary/aromatic N) is 1. The van der Waals surface area contributed by atoms with Crippen molar-refractivity contribution < 1.29 is 17.9 Å². The normalized spacial score (nSPS) is 16.9. The van der Waals surface area contributed by atoms with Crippen LogP contribution in [-0.2, 0) is 26.0 Å². The fraction of sp³-hybridized carbons (Fsp3) is 0.350. The van der Waals surface area contributed by atoms with Gasteiger partial charge in [0.2, 0.25) is 5.91 Å². The minimum atomic E-state index is -3.61. The molecule has 1 fully saturated rings. The van der Waals surface area contributed by atoms with Gasteiger partial charge < -0.3 is 10.1 Å². The standard InChI is InChI=1S/C20H24N2O4S/c1-22(27(24,25)19-7-3-2-4-8-19)17-11-9-16(10-12-17)14-20(23)21-15-18-6-5-13-26-18/h2-4,7-12,18H,5-6,13-15H2,1H3,(H,21,23). The van der Waals surface area contributed by atoms with Crippen LogP contribution in [0, 0.1) is 0 Å². The van der Waals surface area contributed by atoms with Gasteiger partial charge in [0.25, 0.3) is 10.0 Å². The molecule has 1 saturated heterocycles. The maximum Gasteiger partial charge on any atom is 0.264 e. The van der Waals surface area contributed by atoms with E-state index < -0.39 is 10.0 Å². The third kappa shape index (κ3) is 4.87. The fourth-order valence-corrected chi connectivity index (χ4v) is 4.21. The zero-order chi connectivity index (χ0) is 19.3. The summed E-state index contributed by atoms with van der Waals surface area (Å²) in [5, 5.41) is 2.89. The molecule has 2 aromatic rings. The van der Waals surface area contributed by atoms with Crippen LogP contribution in [0.4, 0.5) is 5.69 Å². The van der Waals surface area contributed by atoms with E-state index in [-0.39, 0.29) is 23.3 Å². The summed E-state index contributed by atoms with van der Waals surface area (Å²) in [7, 11) is -2.09. The Morgan fingerprint density at radius 2 is 1.85 bits per heavy atom. The average Bonchev–Trinajstić information content (AvgIpc) is 3.21. The highest BCUT2D eigenvalue weighted by atomic mass is 32.2. The predicted molar refractivity (Wildman–Crippen MR) is 104 cm³/mol. The van der Waals surface area contributed by atoms with Crippen LogP contribution in [0.1, 0.15) is 18.4 Å². The molecule has 144 valence electrons. The SMILES string of the molecule is CN(c1ccc(CC(=O)NCC2CCCO2)cc1)S(=O)(=O)c1ccccc1. The first-order chi connectivity index (χ1) is 13.0. The van der Waals surface area contributed by atoms with Crippen molar-refractivity contribution in [2.24, 2.45) is 0 Å². The average molecular weight is 388 g/mol. The molecule has 1 amide bonds. The Kier molecular flexibility index (Phi) is 6.13. The Bertz CT molecular complexity index is 861. The molecule has 0 saturated carbocycles. The molecule has 0 spiro atoms. The number of amides is 1. The molecule has 1 aliphatic rings. The molecule has 6 nitrogen and oxygen atoms in total. The van der Waals surface area contributed by atoms with E-state index in [4.69, 9.17) is 4.74 Å². The van der Waals surface area contributed by atoms with Crippen molar-refractivity contribution in [1.29, 1.82) is 0 Å². The van der Waals surface area contributed by atoms with Crippen LogP contribution in [-0.4, -0.2) is 40.6 Å². The minimum Gasteiger partial charge on any atom is -0.376 e. The van der Waals surface area contributed by atoms with Crippen molar-refractivity contribution in [3.8, 4) is 0 Å². The Balaban J connectivity index is 1.60. The van der Waals surface area contributed by atoms with Crippen molar-refractivity contribution in [3.63, 3.8) is 0 Å². The summed E-state index contributed by atoms with van der Waals surface area (Å²) in [6.45, 7) is 1.30. The van der Waals surface area contributed by atoms with E-state index in [1.165, 1.54) is 11.4 Å². The second-order valence-electron chi connectivity index (χ2n) is 6.57. The number of hydrogen-bond acceptors (Lipinski definition) is 4. The molecule has 7 heteroatoms. The summed E-state index contributed by atoms with van der Waals surface area (Å²) in [5.74, 6) is -0.0662. The van der Waals surface area contributed by atoms with Crippen LogP contribution < -0.4 is 9.62 Å². The molecule has 27 heavy (non-hydrogen) atoms. The first-order valence-corrected chi connectivity index (χ1v) is 10.4. The van der Waals surface area contributed by atoms with Gasteiger partial charge in [-0.2, -0.15) is 0 Å². The van der Waals surface area contributed by atoms with Gasteiger partial charge in [-0.15, -0.1) is 0 Å². The highest BCUT2D eigenvalue weighted by Crippen LogP contribution is 2.22.